The molecule has 0 radical (unpaired) electrons. The summed E-state index contributed by atoms with van der Waals surface area (Å²) in [5.74, 6) is -0.704. The summed E-state index contributed by atoms with van der Waals surface area (Å²) in [6.07, 6.45) is 3.28. The van der Waals surface area contributed by atoms with E-state index in [0.717, 1.165) is 31.2 Å². The minimum Gasteiger partial charge on any atom is -0.356 e. The van der Waals surface area contributed by atoms with Gasteiger partial charge in [-0.05, 0) is 36.1 Å². The normalized spacial score (nSPS) is 22.7. The summed E-state index contributed by atoms with van der Waals surface area (Å²) < 4.78 is 19.2. The van der Waals surface area contributed by atoms with Gasteiger partial charge in [0.05, 0.1) is 6.04 Å². The molecule has 0 aromatic heterocycles. The molecule has 2 aromatic rings. The Labute approximate surface area is 169 Å². The van der Waals surface area contributed by atoms with E-state index in [1.807, 2.05) is 35.2 Å². The summed E-state index contributed by atoms with van der Waals surface area (Å²) >= 11 is 0. The lowest BCUT2D eigenvalue weighted by molar-refractivity contribution is -0.168. The van der Waals surface area contributed by atoms with Crippen molar-refractivity contribution in [2.75, 3.05) is 6.61 Å². The van der Waals surface area contributed by atoms with Gasteiger partial charge in [0.25, 0.3) is 5.91 Å². The van der Waals surface area contributed by atoms with Crippen LogP contribution in [0.5, 0.6) is 0 Å². The van der Waals surface area contributed by atoms with Crippen LogP contribution in [0.2, 0.25) is 0 Å². The first-order valence-corrected chi connectivity index (χ1v) is 10.1. The molecule has 4 rings (SSSR count). The minimum atomic E-state index is -0.802. The Kier molecular flexibility index (Phi) is 5.90. The van der Waals surface area contributed by atoms with E-state index in [4.69, 9.17) is 4.74 Å². The molecule has 0 bridgehead atoms. The first kappa shape index (κ1) is 19.6. The zero-order valence-electron chi connectivity index (χ0n) is 16.2. The zero-order chi connectivity index (χ0) is 20.2. The fraction of sp³-hybridized carbons (Fsp3) is 0.391. The highest BCUT2D eigenvalue weighted by molar-refractivity contribution is 5.86. The van der Waals surface area contributed by atoms with Gasteiger partial charge >= 0.3 is 0 Å². The van der Waals surface area contributed by atoms with Crippen LogP contribution in [0.15, 0.2) is 54.6 Å². The number of halogens is 1. The molecule has 2 aromatic carbocycles. The molecule has 1 saturated carbocycles. The van der Waals surface area contributed by atoms with Crippen LogP contribution in [0.1, 0.15) is 42.9 Å². The third-order valence-corrected chi connectivity index (χ3v) is 5.73. The Balaban J connectivity index is 1.57. The van der Waals surface area contributed by atoms with Gasteiger partial charge in [0, 0.05) is 12.6 Å². The van der Waals surface area contributed by atoms with Gasteiger partial charge in [-0.1, -0.05) is 55.3 Å². The second-order valence-electron chi connectivity index (χ2n) is 7.67. The SMILES string of the molecule is O=C(NCc1cccc(F)c1)[C@H]1OCC(=O)N(C2CCCC2)[C@@H]1c1ccccc1. The van der Waals surface area contributed by atoms with Gasteiger partial charge in [0.1, 0.15) is 12.4 Å². The van der Waals surface area contributed by atoms with Crippen molar-refractivity contribution in [3.8, 4) is 0 Å². The molecule has 0 spiro atoms. The van der Waals surface area contributed by atoms with E-state index < -0.39 is 12.1 Å². The molecule has 1 aliphatic heterocycles. The number of nitrogens with zero attached hydrogens (tertiary/aromatic N) is 1. The summed E-state index contributed by atoms with van der Waals surface area (Å²) in [5.41, 5.74) is 1.56. The summed E-state index contributed by atoms with van der Waals surface area (Å²) in [4.78, 5) is 27.7. The molecule has 5 nitrogen and oxygen atoms in total. The molecular weight excluding hydrogens is 371 g/mol. The Morgan fingerprint density at radius 3 is 2.59 bits per heavy atom. The van der Waals surface area contributed by atoms with E-state index in [1.54, 1.807) is 12.1 Å². The number of hydrogen-bond donors (Lipinski definition) is 1. The van der Waals surface area contributed by atoms with Gasteiger partial charge in [-0.3, -0.25) is 9.59 Å². The molecular formula is C23H25FN2O3. The van der Waals surface area contributed by atoms with Crippen LogP contribution in [0.3, 0.4) is 0 Å². The first-order chi connectivity index (χ1) is 14.1. The lowest BCUT2D eigenvalue weighted by atomic mass is 9.95. The Morgan fingerprint density at radius 2 is 1.86 bits per heavy atom. The maximum absolute atomic E-state index is 13.4. The van der Waals surface area contributed by atoms with Gasteiger partial charge in [-0.2, -0.15) is 0 Å². The maximum atomic E-state index is 13.4. The van der Waals surface area contributed by atoms with Crippen LogP contribution < -0.4 is 5.32 Å². The topological polar surface area (TPSA) is 58.6 Å². The average Bonchev–Trinajstić information content (AvgIpc) is 3.27. The predicted molar refractivity (Wildman–Crippen MR) is 106 cm³/mol. The van der Waals surface area contributed by atoms with Gasteiger partial charge in [0.15, 0.2) is 6.10 Å². The van der Waals surface area contributed by atoms with Gasteiger partial charge < -0.3 is 15.0 Å². The van der Waals surface area contributed by atoms with E-state index in [-0.39, 0.29) is 36.8 Å². The average molecular weight is 396 g/mol. The summed E-state index contributed by atoms with van der Waals surface area (Å²) in [6, 6.07) is 15.4. The molecule has 0 unspecified atom stereocenters. The van der Waals surface area contributed by atoms with Crippen molar-refractivity contribution in [2.45, 2.75) is 50.4 Å². The first-order valence-electron chi connectivity index (χ1n) is 10.1. The number of carbonyl (C=O) groups excluding carboxylic acids is 2. The number of benzene rings is 2. The van der Waals surface area contributed by atoms with E-state index in [2.05, 4.69) is 5.32 Å². The van der Waals surface area contributed by atoms with E-state index in [0.29, 0.717) is 5.56 Å². The minimum absolute atomic E-state index is 0.0695. The number of hydrogen-bond acceptors (Lipinski definition) is 3. The van der Waals surface area contributed by atoms with Crippen molar-refractivity contribution in [1.82, 2.24) is 10.2 Å². The van der Waals surface area contributed by atoms with Crippen molar-refractivity contribution < 1.29 is 18.7 Å². The molecule has 1 N–H and O–H groups in total. The summed E-state index contributed by atoms with van der Waals surface area (Å²) in [5, 5.41) is 2.85. The van der Waals surface area contributed by atoms with Gasteiger partial charge in [-0.15, -0.1) is 0 Å². The van der Waals surface area contributed by atoms with Crippen molar-refractivity contribution in [1.29, 1.82) is 0 Å². The molecule has 2 atom stereocenters. The standard InChI is InChI=1S/C23H25FN2O3/c24-18-10-6-7-16(13-18)14-25-23(28)22-21(17-8-2-1-3-9-17)26(20(27)15-29-22)19-11-4-5-12-19/h1-3,6-10,13,19,21-22H,4-5,11-12,14-15H2,(H,25,28)/t21-,22+/m1/s1. The number of ether oxygens (including phenoxy) is 1. The number of nitrogens with one attached hydrogen (secondary N) is 1. The van der Waals surface area contributed by atoms with Crippen LogP contribution in [0.25, 0.3) is 0 Å². The molecule has 2 fully saturated rings. The molecule has 1 saturated heterocycles. The van der Waals surface area contributed by atoms with Crippen LogP contribution in [0.4, 0.5) is 4.39 Å². The zero-order valence-corrected chi connectivity index (χ0v) is 16.2. The number of amides is 2. The van der Waals surface area contributed by atoms with Gasteiger partial charge in [0.2, 0.25) is 5.91 Å². The van der Waals surface area contributed by atoms with E-state index >= 15 is 0 Å². The summed E-state index contributed by atoms with van der Waals surface area (Å²) in [6.45, 7) is 0.104. The van der Waals surface area contributed by atoms with E-state index in [9.17, 15) is 14.0 Å². The number of rotatable bonds is 5. The van der Waals surface area contributed by atoms with Crippen LogP contribution >= 0.6 is 0 Å². The maximum Gasteiger partial charge on any atom is 0.251 e. The number of morpholine rings is 1. The fourth-order valence-corrected chi connectivity index (χ4v) is 4.38. The van der Waals surface area contributed by atoms with Crippen LogP contribution in [-0.4, -0.2) is 35.5 Å². The molecule has 1 heterocycles. The van der Waals surface area contributed by atoms with Gasteiger partial charge in [-0.25, -0.2) is 4.39 Å². The van der Waals surface area contributed by atoms with Crippen molar-refractivity contribution >= 4 is 11.8 Å². The highest BCUT2D eigenvalue weighted by atomic mass is 19.1. The fourth-order valence-electron chi connectivity index (χ4n) is 4.38. The molecule has 152 valence electrons. The molecule has 1 aliphatic carbocycles. The lowest BCUT2D eigenvalue weighted by Gasteiger charge is -2.43. The lowest BCUT2D eigenvalue weighted by Crippen LogP contribution is -2.56. The smallest absolute Gasteiger partial charge is 0.251 e. The molecule has 29 heavy (non-hydrogen) atoms. The van der Waals surface area contributed by atoms with Crippen LogP contribution in [-0.2, 0) is 20.9 Å². The monoisotopic (exact) mass is 396 g/mol. The molecule has 2 amide bonds. The third-order valence-electron chi connectivity index (χ3n) is 5.73. The Bertz CT molecular complexity index is 867. The summed E-state index contributed by atoms with van der Waals surface area (Å²) in [7, 11) is 0. The second-order valence-corrected chi connectivity index (χ2v) is 7.67. The van der Waals surface area contributed by atoms with Crippen molar-refractivity contribution in [2.24, 2.45) is 0 Å². The Morgan fingerprint density at radius 1 is 1.10 bits per heavy atom. The third kappa shape index (κ3) is 4.32. The highest BCUT2D eigenvalue weighted by Crippen LogP contribution is 2.36. The van der Waals surface area contributed by atoms with Crippen molar-refractivity contribution in [3.05, 3.63) is 71.5 Å². The number of carbonyl (C=O) groups is 2. The van der Waals surface area contributed by atoms with Crippen LogP contribution in [0, 0.1) is 5.82 Å². The second kappa shape index (κ2) is 8.74. The Hall–Kier alpha value is -2.73. The molecule has 2 aliphatic rings. The highest BCUT2D eigenvalue weighted by Gasteiger charge is 2.44. The van der Waals surface area contributed by atoms with Crippen molar-refractivity contribution in [3.63, 3.8) is 0 Å². The predicted octanol–water partition coefficient (Wildman–Crippen LogP) is 3.35. The molecule has 6 heteroatoms. The largest absolute Gasteiger partial charge is 0.356 e. The van der Waals surface area contributed by atoms with E-state index in [1.165, 1.54) is 12.1 Å². The quantitative estimate of drug-likeness (QED) is 0.843.